The van der Waals surface area contributed by atoms with Gasteiger partial charge in [-0.25, -0.2) is 4.98 Å². The van der Waals surface area contributed by atoms with E-state index in [9.17, 15) is 0 Å². The van der Waals surface area contributed by atoms with Crippen molar-refractivity contribution in [3.05, 3.63) is 63.0 Å². The molecular formula is C18H16Cl2N4O2S. The van der Waals surface area contributed by atoms with E-state index in [1.807, 2.05) is 24.3 Å². The summed E-state index contributed by atoms with van der Waals surface area (Å²) in [5.41, 5.74) is 10.1. The van der Waals surface area contributed by atoms with Gasteiger partial charge in [0.05, 0.1) is 23.4 Å². The molecule has 0 aliphatic carbocycles. The van der Waals surface area contributed by atoms with Crippen molar-refractivity contribution < 1.29 is 9.47 Å². The van der Waals surface area contributed by atoms with Gasteiger partial charge < -0.3 is 15.2 Å². The van der Waals surface area contributed by atoms with Gasteiger partial charge >= 0.3 is 0 Å². The Morgan fingerprint density at radius 1 is 1.19 bits per heavy atom. The molecule has 3 aromatic rings. The molecule has 3 rings (SSSR count). The summed E-state index contributed by atoms with van der Waals surface area (Å²) in [6.45, 7) is 0.341. The summed E-state index contributed by atoms with van der Waals surface area (Å²) in [5.74, 6) is 1.67. The van der Waals surface area contributed by atoms with Crippen LogP contribution >= 0.6 is 34.5 Å². The molecule has 0 aliphatic rings. The number of rotatable bonds is 7. The van der Waals surface area contributed by atoms with Crippen molar-refractivity contribution in [1.29, 1.82) is 0 Å². The van der Waals surface area contributed by atoms with Crippen LogP contribution in [0.5, 0.6) is 11.5 Å². The van der Waals surface area contributed by atoms with E-state index >= 15 is 0 Å². The van der Waals surface area contributed by atoms with Gasteiger partial charge in [-0.3, -0.25) is 5.43 Å². The van der Waals surface area contributed by atoms with Crippen LogP contribution in [0.25, 0.3) is 0 Å². The molecule has 0 saturated carbocycles. The number of nitrogens with two attached hydrogens (primary N) is 1. The zero-order chi connectivity index (χ0) is 19.2. The standard InChI is InChI=1S/C18H16Cl2N4O2S/c1-25-16-7-11(8-22-24-18-23-17(21)10-27-18)3-5-15(16)26-9-12-2-4-13(19)14(20)6-12/h2-8,10H,9,21H2,1H3,(H,23,24). The molecule has 9 heteroatoms. The summed E-state index contributed by atoms with van der Waals surface area (Å²) < 4.78 is 11.2. The number of hydrogen-bond donors (Lipinski definition) is 2. The summed E-state index contributed by atoms with van der Waals surface area (Å²) in [7, 11) is 1.58. The van der Waals surface area contributed by atoms with E-state index in [1.54, 1.807) is 30.8 Å². The van der Waals surface area contributed by atoms with Crippen molar-refractivity contribution in [2.45, 2.75) is 6.61 Å². The molecule has 0 saturated heterocycles. The third kappa shape index (κ3) is 5.26. The van der Waals surface area contributed by atoms with Crippen LogP contribution in [0.2, 0.25) is 10.0 Å². The molecule has 0 atom stereocenters. The molecule has 0 amide bonds. The number of benzene rings is 2. The number of thiazole rings is 1. The van der Waals surface area contributed by atoms with Crippen LogP contribution in [0.15, 0.2) is 46.9 Å². The lowest BCUT2D eigenvalue weighted by Gasteiger charge is -2.11. The minimum atomic E-state index is 0.341. The molecule has 6 nitrogen and oxygen atoms in total. The molecular weight excluding hydrogens is 407 g/mol. The third-order valence-electron chi connectivity index (χ3n) is 3.46. The van der Waals surface area contributed by atoms with Gasteiger partial charge in [0.15, 0.2) is 11.5 Å². The van der Waals surface area contributed by atoms with Crippen LogP contribution in [0.3, 0.4) is 0 Å². The topological polar surface area (TPSA) is 81.8 Å². The van der Waals surface area contributed by atoms with Crippen molar-refractivity contribution in [2.75, 3.05) is 18.3 Å². The highest BCUT2D eigenvalue weighted by atomic mass is 35.5. The Labute approximate surface area is 170 Å². The molecule has 0 fully saturated rings. The predicted molar refractivity (Wildman–Crippen MR) is 112 cm³/mol. The van der Waals surface area contributed by atoms with E-state index in [0.29, 0.717) is 39.1 Å². The molecule has 0 aliphatic heterocycles. The number of halogens is 2. The Morgan fingerprint density at radius 2 is 2.04 bits per heavy atom. The molecule has 2 aromatic carbocycles. The number of hydrogen-bond acceptors (Lipinski definition) is 7. The van der Waals surface area contributed by atoms with E-state index in [2.05, 4.69) is 15.5 Å². The van der Waals surface area contributed by atoms with Crippen LogP contribution in [-0.4, -0.2) is 18.3 Å². The van der Waals surface area contributed by atoms with Crippen LogP contribution in [-0.2, 0) is 6.61 Å². The van der Waals surface area contributed by atoms with E-state index < -0.39 is 0 Å². The maximum atomic E-state index is 6.03. The first-order valence-electron chi connectivity index (χ1n) is 7.80. The average Bonchev–Trinajstić information content (AvgIpc) is 3.08. The number of methoxy groups -OCH3 is 1. The number of anilines is 2. The normalized spacial score (nSPS) is 10.9. The summed E-state index contributed by atoms with van der Waals surface area (Å²) >= 11 is 13.3. The Hall–Kier alpha value is -2.48. The fourth-order valence-electron chi connectivity index (χ4n) is 2.17. The Kier molecular flexibility index (Phi) is 6.39. The highest BCUT2D eigenvalue weighted by Gasteiger charge is 2.07. The van der Waals surface area contributed by atoms with Crippen molar-refractivity contribution >= 4 is 51.7 Å². The molecule has 0 radical (unpaired) electrons. The van der Waals surface area contributed by atoms with Gasteiger partial charge in [0.2, 0.25) is 5.13 Å². The first-order valence-corrected chi connectivity index (χ1v) is 9.43. The van der Waals surface area contributed by atoms with Crippen molar-refractivity contribution in [1.82, 2.24) is 4.98 Å². The maximum Gasteiger partial charge on any atom is 0.205 e. The zero-order valence-electron chi connectivity index (χ0n) is 14.3. The van der Waals surface area contributed by atoms with Gasteiger partial charge in [-0.2, -0.15) is 5.10 Å². The first-order chi connectivity index (χ1) is 13.0. The van der Waals surface area contributed by atoms with Crippen molar-refractivity contribution in [3.8, 4) is 11.5 Å². The number of nitrogen functional groups attached to an aromatic ring is 1. The smallest absolute Gasteiger partial charge is 0.205 e. The average molecular weight is 423 g/mol. The second kappa shape index (κ2) is 8.94. The highest BCUT2D eigenvalue weighted by Crippen LogP contribution is 2.29. The van der Waals surface area contributed by atoms with E-state index in [0.717, 1.165) is 11.1 Å². The molecule has 3 N–H and O–H groups in total. The van der Waals surface area contributed by atoms with Gasteiger partial charge in [0.1, 0.15) is 12.4 Å². The quantitative estimate of drug-likeness (QED) is 0.410. The first kappa shape index (κ1) is 19.3. The van der Waals surface area contributed by atoms with Gasteiger partial charge in [0.25, 0.3) is 0 Å². The summed E-state index contributed by atoms with van der Waals surface area (Å²) in [6.07, 6.45) is 1.66. The second-order valence-corrected chi connectivity index (χ2v) is 7.07. The van der Waals surface area contributed by atoms with Crippen LogP contribution in [0, 0.1) is 0 Å². The largest absolute Gasteiger partial charge is 0.493 e. The Morgan fingerprint density at radius 3 is 2.74 bits per heavy atom. The Balaban J connectivity index is 1.65. The van der Waals surface area contributed by atoms with Gasteiger partial charge in [-0.15, -0.1) is 11.3 Å². The predicted octanol–water partition coefficient (Wildman–Crippen LogP) is 5.07. The molecule has 0 unspecified atom stereocenters. The molecule has 0 bridgehead atoms. The van der Waals surface area contributed by atoms with Gasteiger partial charge in [-0.1, -0.05) is 29.3 Å². The maximum absolute atomic E-state index is 6.03. The van der Waals surface area contributed by atoms with E-state index in [-0.39, 0.29) is 0 Å². The SMILES string of the molecule is COc1cc(C=NNc2nc(N)cs2)ccc1OCc1ccc(Cl)c(Cl)c1. The molecule has 1 aromatic heterocycles. The molecule has 0 spiro atoms. The highest BCUT2D eigenvalue weighted by molar-refractivity contribution is 7.14. The van der Waals surface area contributed by atoms with E-state index in [4.69, 9.17) is 38.4 Å². The molecule has 140 valence electrons. The van der Waals surface area contributed by atoms with Crippen LogP contribution in [0.1, 0.15) is 11.1 Å². The lowest BCUT2D eigenvalue weighted by atomic mass is 10.2. The Bertz CT molecular complexity index is 962. The number of nitrogens with zero attached hydrogens (tertiary/aromatic N) is 2. The van der Waals surface area contributed by atoms with Crippen LogP contribution < -0.4 is 20.6 Å². The van der Waals surface area contributed by atoms with Gasteiger partial charge in [-0.05, 0) is 41.5 Å². The summed E-state index contributed by atoms with van der Waals surface area (Å²) in [4.78, 5) is 4.06. The van der Waals surface area contributed by atoms with Crippen molar-refractivity contribution in [3.63, 3.8) is 0 Å². The minimum Gasteiger partial charge on any atom is -0.493 e. The fourth-order valence-corrected chi connectivity index (χ4v) is 3.04. The third-order valence-corrected chi connectivity index (χ3v) is 4.97. The fraction of sp³-hybridized carbons (Fsp3) is 0.111. The number of hydrazone groups is 1. The monoisotopic (exact) mass is 422 g/mol. The summed E-state index contributed by atoms with van der Waals surface area (Å²) in [6, 6.07) is 10.9. The van der Waals surface area contributed by atoms with E-state index in [1.165, 1.54) is 11.3 Å². The molecule has 1 heterocycles. The lowest BCUT2D eigenvalue weighted by molar-refractivity contribution is 0.284. The molecule has 27 heavy (non-hydrogen) atoms. The minimum absolute atomic E-state index is 0.341. The van der Waals surface area contributed by atoms with Crippen LogP contribution in [0.4, 0.5) is 10.9 Å². The van der Waals surface area contributed by atoms with Gasteiger partial charge in [0, 0.05) is 5.38 Å². The number of aromatic nitrogens is 1. The zero-order valence-corrected chi connectivity index (χ0v) is 16.6. The number of ether oxygens (including phenoxy) is 2. The summed E-state index contributed by atoms with van der Waals surface area (Å²) in [5, 5.41) is 7.50. The lowest BCUT2D eigenvalue weighted by Crippen LogP contribution is -1.99. The van der Waals surface area contributed by atoms with Crippen molar-refractivity contribution in [2.24, 2.45) is 5.10 Å². The second-order valence-electron chi connectivity index (χ2n) is 5.39. The number of nitrogens with one attached hydrogen (secondary N) is 1.